The molecule has 0 unspecified atom stereocenters. The Bertz CT molecular complexity index is 1490. The standard InChI is InChI=1S/C30H38BrN5O6Si/c1-18-27(43(3,4)41)26(11-13-35-17-23(12-14-37)33-34-35)42-30(18)24-15-21(31)7-10-25(24)36(29(30)40)16-20-5-8-22(9-6-20)32-28(39)19(2)38/h5-10,15,17-19,26-27,37-38,41H,11-14,16H2,1-4H3,(H,32,39)/t18-,19+,26+,27-,30+/m1/s1. The number of aliphatic hydroxyl groups excluding tert-OH is 2. The van der Waals surface area contributed by atoms with Crippen LogP contribution in [0.1, 0.15) is 37.1 Å². The summed E-state index contributed by atoms with van der Waals surface area (Å²) in [6.07, 6.45) is 1.25. The minimum atomic E-state index is -2.82. The van der Waals surface area contributed by atoms with E-state index in [1.54, 1.807) is 27.9 Å². The molecule has 3 aromatic rings. The van der Waals surface area contributed by atoms with Crippen LogP contribution < -0.4 is 10.2 Å². The minimum absolute atomic E-state index is 0.00583. The van der Waals surface area contributed by atoms with E-state index in [2.05, 4.69) is 31.6 Å². The summed E-state index contributed by atoms with van der Waals surface area (Å²) < 4.78 is 9.42. The summed E-state index contributed by atoms with van der Waals surface area (Å²) in [7, 11) is -2.82. The number of rotatable bonds is 10. The number of fused-ring (bicyclic) bond motifs is 2. The van der Waals surface area contributed by atoms with Crippen molar-refractivity contribution in [2.75, 3.05) is 16.8 Å². The summed E-state index contributed by atoms with van der Waals surface area (Å²) in [6.45, 7) is 7.99. The van der Waals surface area contributed by atoms with Crippen LogP contribution in [0, 0.1) is 5.92 Å². The molecule has 4 N–H and O–H groups in total. The van der Waals surface area contributed by atoms with E-state index in [0.717, 1.165) is 21.3 Å². The summed E-state index contributed by atoms with van der Waals surface area (Å²) in [5.74, 6) is -0.963. The van der Waals surface area contributed by atoms with Gasteiger partial charge in [-0.1, -0.05) is 40.2 Å². The first-order valence-electron chi connectivity index (χ1n) is 14.4. The molecule has 3 heterocycles. The molecule has 11 nitrogen and oxygen atoms in total. The van der Waals surface area contributed by atoms with Gasteiger partial charge in [0, 0.05) is 53.0 Å². The van der Waals surface area contributed by atoms with Gasteiger partial charge in [0.25, 0.3) is 11.8 Å². The average molecular weight is 673 g/mol. The van der Waals surface area contributed by atoms with Crippen LogP contribution in [-0.2, 0) is 39.4 Å². The molecule has 2 aliphatic heterocycles. The highest BCUT2D eigenvalue weighted by molar-refractivity contribution is 9.10. The molecule has 0 saturated carbocycles. The zero-order chi connectivity index (χ0) is 31.1. The Hall–Kier alpha value is -2.94. The third kappa shape index (κ3) is 6.06. The molecule has 43 heavy (non-hydrogen) atoms. The predicted molar refractivity (Wildman–Crippen MR) is 167 cm³/mol. The number of carbonyl (C=O) groups is 2. The second-order valence-corrected chi connectivity index (χ2v) is 16.9. The van der Waals surface area contributed by atoms with Gasteiger partial charge in [-0.15, -0.1) is 5.10 Å². The second-order valence-electron chi connectivity index (χ2n) is 12.0. The molecule has 0 radical (unpaired) electrons. The maximum Gasteiger partial charge on any atom is 0.264 e. The highest BCUT2D eigenvalue weighted by Gasteiger charge is 2.66. The fourth-order valence-electron chi connectivity index (χ4n) is 6.54. The van der Waals surface area contributed by atoms with Crippen LogP contribution in [0.25, 0.3) is 0 Å². The van der Waals surface area contributed by atoms with Gasteiger partial charge in [0.1, 0.15) is 6.10 Å². The van der Waals surface area contributed by atoms with Crippen molar-refractivity contribution in [3.05, 3.63) is 70.0 Å². The Balaban J connectivity index is 1.44. The van der Waals surface area contributed by atoms with E-state index in [-0.39, 0.29) is 36.6 Å². The second kappa shape index (κ2) is 12.2. The fourth-order valence-corrected chi connectivity index (χ4v) is 9.50. The third-order valence-electron chi connectivity index (χ3n) is 8.48. The number of anilines is 2. The molecular formula is C30H38BrN5O6Si. The largest absolute Gasteiger partial charge is 0.432 e. The molecule has 2 amide bonds. The number of ether oxygens (including phenoxy) is 1. The number of hydrogen-bond donors (Lipinski definition) is 4. The summed E-state index contributed by atoms with van der Waals surface area (Å²) >= 11 is 3.59. The maximum atomic E-state index is 14.6. The first kappa shape index (κ1) is 31.5. The van der Waals surface area contributed by atoms with Crippen molar-refractivity contribution >= 4 is 47.4 Å². The third-order valence-corrected chi connectivity index (χ3v) is 11.5. The van der Waals surface area contributed by atoms with E-state index >= 15 is 0 Å². The fraction of sp³-hybridized carbons (Fsp3) is 0.467. The smallest absolute Gasteiger partial charge is 0.264 e. The molecule has 2 aromatic carbocycles. The predicted octanol–water partition coefficient (Wildman–Crippen LogP) is 3.33. The van der Waals surface area contributed by atoms with Crippen molar-refractivity contribution < 1.29 is 29.3 Å². The number of nitrogens with zero attached hydrogens (tertiary/aromatic N) is 4. The van der Waals surface area contributed by atoms with Crippen LogP contribution in [0.3, 0.4) is 0 Å². The van der Waals surface area contributed by atoms with Crippen LogP contribution in [0.4, 0.5) is 11.4 Å². The molecule has 1 saturated heterocycles. The van der Waals surface area contributed by atoms with E-state index < -0.39 is 25.9 Å². The number of aryl methyl sites for hydroxylation is 1. The van der Waals surface area contributed by atoms with Gasteiger partial charge in [-0.2, -0.15) is 0 Å². The monoisotopic (exact) mass is 671 g/mol. The van der Waals surface area contributed by atoms with Crippen LogP contribution >= 0.6 is 15.9 Å². The van der Waals surface area contributed by atoms with Gasteiger partial charge in [-0.05, 0) is 62.3 Å². The van der Waals surface area contributed by atoms with Gasteiger partial charge >= 0.3 is 0 Å². The van der Waals surface area contributed by atoms with Gasteiger partial charge in [-0.25, -0.2) is 0 Å². The van der Waals surface area contributed by atoms with Crippen molar-refractivity contribution in [1.82, 2.24) is 15.0 Å². The molecule has 1 spiro atoms. The highest BCUT2D eigenvalue weighted by atomic mass is 79.9. The van der Waals surface area contributed by atoms with E-state index in [4.69, 9.17) is 4.74 Å². The number of carbonyl (C=O) groups excluding carboxylic acids is 2. The van der Waals surface area contributed by atoms with Crippen LogP contribution in [0.2, 0.25) is 18.6 Å². The topological polar surface area (TPSA) is 150 Å². The van der Waals surface area contributed by atoms with Gasteiger partial charge in [-0.3, -0.25) is 14.3 Å². The lowest BCUT2D eigenvalue weighted by Crippen LogP contribution is -2.46. The van der Waals surface area contributed by atoms with Crippen molar-refractivity contribution in [2.24, 2.45) is 5.92 Å². The van der Waals surface area contributed by atoms with Gasteiger partial charge in [0.05, 0.1) is 24.0 Å². The zero-order valence-corrected chi connectivity index (χ0v) is 27.3. The minimum Gasteiger partial charge on any atom is -0.432 e. The van der Waals surface area contributed by atoms with Gasteiger partial charge < -0.3 is 30.0 Å². The first-order valence-corrected chi connectivity index (χ1v) is 18.3. The molecule has 1 aromatic heterocycles. The molecule has 5 atom stereocenters. The van der Waals surface area contributed by atoms with Crippen molar-refractivity contribution in [1.29, 1.82) is 0 Å². The zero-order valence-electron chi connectivity index (χ0n) is 24.7. The summed E-state index contributed by atoms with van der Waals surface area (Å²) in [5.41, 5.74) is 2.15. The number of aliphatic hydroxyl groups is 2. The molecule has 2 aliphatic rings. The molecule has 0 aliphatic carbocycles. The highest BCUT2D eigenvalue weighted by Crippen LogP contribution is 2.60. The Labute approximate surface area is 260 Å². The lowest BCUT2D eigenvalue weighted by Gasteiger charge is -2.32. The number of halogens is 1. The van der Waals surface area contributed by atoms with Crippen LogP contribution in [0.5, 0.6) is 0 Å². The molecule has 13 heteroatoms. The maximum absolute atomic E-state index is 14.6. The summed E-state index contributed by atoms with van der Waals surface area (Å²) in [4.78, 5) is 39.7. The lowest BCUT2D eigenvalue weighted by atomic mass is 9.82. The Morgan fingerprint density at radius 2 is 1.95 bits per heavy atom. The molecule has 5 rings (SSSR count). The Morgan fingerprint density at radius 1 is 1.23 bits per heavy atom. The Morgan fingerprint density at radius 3 is 2.60 bits per heavy atom. The lowest BCUT2D eigenvalue weighted by molar-refractivity contribution is -0.146. The number of amides is 2. The SMILES string of the molecule is C[C@H](O)C(=O)Nc1ccc(CN2C(=O)[C@@]3(O[C@@H](CCn4cc(CCO)nn4)[C@H]([Si](C)(C)O)[C@H]3C)c3cc(Br)ccc32)cc1. The number of aromatic nitrogens is 3. The van der Waals surface area contributed by atoms with Crippen LogP contribution in [0.15, 0.2) is 53.1 Å². The number of hydrogen-bond acceptors (Lipinski definition) is 8. The quantitative estimate of drug-likeness (QED) is 0.240. The van der Waals surface area contributed by atoms with E-state index in [0.29, 0.717) is 30.8 Å². The van der Waals surface area contributed by atoms with E-state index in [1.165, 1.54) is 6.92 Å². The molecule has 0 bridgehead atoms. The molecular weight excluding hydrogens is 634 g/mol. The van der Waals surface area contributed by atoms with Crippen LogP contribution in [-0.4, -0.2) is 68.9 Å². The summed E-state index contributed by atoms with van der Waals surface area (Å²) in [5, 5.41) is 29.7. The first-order chi connectivity index (χ1) is 20.3. The average Bonchev–Trinajstić information content (AvgIpc) is 3.58. The number of benzene rings is 2. The van der Waals surface area contributed by atoms with E-state index in [1.807, 2.05) is 50.3 Å². The molecule has 230 valence electrons. The van der Waals surface area contributed by atoms with Crippen molar-refractivity contribution in [2.45, 2.75) is 76.2 Å². The number of nitrogens with one attached hydrogen (secondary N) is 1. The van der Waals surface area contributed by atoms with Crippen molar-refractivity contribution in [3.63, 3.8) is 0 Å². The normalized spacial score (nSPS) is 24.0. The Kier molecular flexibility index (Phi) is 8.94. The molecule has 1 fully saturated rings. The van der Waals surface area contributed by atoms with Crippen molar-refractivity contribution in [3.8, 4) is 0 Å². The van der Waals surface area contributed by atoms with Gasteiger partial charge in [0.15, 0.2) is 13.9 Å². The van der Waals surface area contributed by atoms with E-state index in [9.17, 15) is 24.6 Å². The summed E-state index contributed by atoms with van der Waals surface area (Å²) in [6, 6.07) is 12.9. The van der Waals surface area contributed by atoms with Gasteiger partial charge in [0.2, 0.25) is 0 Å².